The van der Waals surface area contributed by atoms with E-state index in [1.807, 2.05) is 42.5 Å². The van der Waals surface area contributed by atoms with Gasteiger partial charge in [-0.25, -0.2) is 4.79 Å². The first kappa shape index (κ1) is 32.6. The molecule has 0 unspecified atom stereocenters. The van der Waals surface area contributed by atoms with Crippen molar-refractivity contribution in [1.82, 2.24) is 4.90 Å². The van der Waals surface area contributed by atoms with Crippen LogP contribution in [0.5, 0.6) is 0 Å². The van der Waals surface area contributed by atoms with E-state index in [2.05, 4.69) is 0 Å². The zero-order valence-electron chi connectivity index (χ0n) is 24.6. The summed E-state index contributed by atoms with van der Waals surface area (Å²) in [6.07, 6.45) is 1.58. The highest BCUT2D eigenvalue weighted by Crippen LogP contribution is 2.33. The van der Waals surface area contributed by atoms with Crippen LogP contribution >= 0.6 is 0 Å². The van der Waals surface area contributed by atoms with Crippen LogP contribution in [-0.2, 0) is 51.2 Å². The Balaban J connectivity index is 1.50. The number of esters is 1. The van der Waals surface area contributed by atoms with Crippen molar-refractivity contribution in [3.63, 3.8) is 0 Å². The minimum absolute atomic E-state index is 0.0340. The molecule has 1 fully saturated rings. The van der Waals surface area contributed by atoms with Crippen LogP contribution in [0.4, 0.5) is 0 Å². The molecule has 2 heterocycles. The third kappa shape index (κ3) is 10.4. The number of benzene rings is 2. The molecule has 2 aromatic rings. The molecule has 11 heteroatoms. The number of rotatable bonds is 7. The van der Waals surface area contributed by atoms with E-state index in [-0.39, 0.29) is 30.8 Å². The van der Waals surface area contributed by atoms with E-state index in [0.29, 0.717) is 77.9 Å². The lowest BCUT2D eigenvalue weighted by Crippen LogP contribution is -2.40. The second kappa shape index (κ2) is 17.7. The van der Waals surface area contributed by atoms with Gasteiger partial charge < -0.3 is 43.2 Å². The Morgan fingerprint density at radius 2 is 1.37 bits per heavy atom. The lowest BCUT2D eigenvalue weighted by molar-refractivity contribution is -0.156. The third-order valence-electron chi connectivity index (χ3n) is 7.08. The van der Waals surface area contributed by atoms with E-state index in [9.17, 15) is 14.7 Å². The first-order valence-electron chi connectivity index (χ1n) is 14.5. The van der Waals surface area contributed by atoms with Gasteiger partial charge >= 0.3 is 5.97 Å². The van der Waals surface area contributed by atoms with Gasteiger partial charge in [0.05, 0.1) is 78.7 Å². The van der Waals surface area contributed by atoms with Crippen LogP contribution in [-0.4, -0.2) is 101 Å². The summed E-state index contributed by atoms with van der Waals surface area (Å²) in [5.41, 5.74) is 3.07. The van der Waals surface area contributed by atoms with Crippen LogP contribution in [0.25, 0.3) is 0 Å². The van der Waals surface area contributed by atoms with E-state index >= 15 is 0 Å². The molecule has 11 nitrogen and oxygen atoms in total. The molecule has 0 spiro atoms. The Morgan fingerprint density at radius 1 is 0.814 bits per heavy atom. The summed E-state index contributed by atoms with van der Waals surface area (Å²) in [7, 11) is 1.34. The van der Waals surface area contributed by atoms with Gasteiger partial charge in [-0.3, -0.25) is 4.79 Å². The molecule has 1 saturated heterocycles. The quantitative estimate of drug-likeness (QED) is 0.476. The van der Waals surface area contributed by atoms with Gasteiger partial charge in [-0.15, -0.1) is 0 Å². The van der Waals surface area contributed by atoms with Crippen molar-refractivity contribution < 1.29 is 47.9 Å². The van der Waals surface area contributed by atoms with Crippen LogP contribution in [0.15, 0.2) is 60.4 Å². The number of nitrogens with zero attached hydrogens (tertiary/aromatic N) is 1. The van der Waals surface area contributed by atoms with E-state index in [0.717, 1.165) is 16.7 Å². The molecule has 0 aliphatic carbocycles. The minimum Gasteiger partial charge on any atom is -0.465 e. The molecule has 0 radical (unpaired) electrons. The summed E-state index contributed by atoms with van der Waals surface area (Å²) < 4.78 is 39.5. The van der Waals surface area contributed by atoms with E-state index in [4.69, 9.17) is 33.2 Å². The molecule has 1 N–H and O–H groups in total. The molecule has 2 aliphatic heterocycles. The zero-order valence-corrected chi connectivity index (χ0v) is 24.6. The Morgan fingerprint density at radius 3 is 1.93 bits per heavy atom. The molecule has 0 bridgehead atoms. The van der Waals surface area contributed by atoms with Gasteiger partial charge in [0.1, 0.15) is 0 Å². The number of aliphatic hydroxyl groups excluding tert-OH is 1. The van der Waals surface area contributed by atoms with Gasteiger partial charge in [-0.1, -0.05) is 36.4 Å². The molecule has 0 aromatic heterocycles. The number of methoxy groups -OCH3 is 1. The van der Waals surface area contributed by atoms with Gasteiger partial charge in [0.2, 0.25) is 6.29 Å². The lowest BCUT2D eigenvalue weighted by Gasteiger charge is -2.32. The van der Waals surface area contributed by atoms with Crippen LogP contribution < -0.4 is 0 Å². The second-order valence-electron chi connectivity index (χ2n) is 10.1. The molecule has 2 atom stereocenters. The maximum Gasteiger partial charge on any atom is 0.337 e. The average Bonchev–Trinajstić information content (AvgIpc) is 3.06. The van der Waals surface area contributed by atoms with Crippen molar-refractivity contribution in [3.8, 4) is 0 Å². The first-order valence-corrected chi connectivity index (χ1v) is 14.5. The number of allylic oxidation sites excluding steroid dienone is 1. The van der Waals surface area contributed by atoms with Crippen LogP contribution in [0.2, 0.25) is 0 Å². The standard InChI is InChI=1S/C32H41NO10/c1-37-32(36)27-8-6-26(7-9-27)28-20-29(43-30(21-28)42-23-25-4-2-24(22-34)3-5-25)31(35)33-10-12-38-14-16-40-18-19-41-17-15-39-13-11-33/h2-9,20,28,30,34H,10-19,21-23H2,1H3/t28-,30+/m0/s1. The van der Waals surface area contributed by atoms with Crippen LogP contribution in [0.3, 0.4) is 0 Å². The van der Waals surface area contributed by atoms with Crippen molar-refractivity contribution in [2.24, 2.45) is 0 Å². The molecule has 0 saturated carbocycles. The third-order valence-corrected chi connectivity index (χ3v) is 7.08. The SMILES string of the molecule is COC(=O)c1ccc([C@H]2C=C(C(=O)N3CCOCCOCCOCCOCC3)O[C@@H](OCc3ccc(CO)cc3)C2)cc1. The van der Waals surface area contributed by atoms with Crippen molar-refractivity contribution in [1.29, 1.82) is 0 Å². The molecular formula is C32H41NO10. The van der Waals surface area contributed by atoms with Crippen molar-refractivity contribution in [2.75, 3.05) is 73.1 Å². The maximum absolute atomic E-state index is 13.8. The largest absolute Gasteiger partial charge is 0.465 e. The highest BCUT2D eigenvalue weighted by Gasteiger charge is 2.31. The predicted octanol–water partition coefficient (Wildman–Crippen LogP) is 2.80. The highest BCUT2D eigenvalue weighted by molar-refractivity contribution is 5.92. The van der Waals surface area contributed by atoms with Crippen molar-refractivity contribution in [3.05, 3.63) is 82.6 Å². The summed E-state index contributed by atoms with van der Waals surface area (Å²) in [5, 5.41) is 9.33. The molecular weight excluding hydrogens is 558 g/mol. The van der Waals surface area contributed by atoms with E-state index in [1.54, 1.807) is 17.0 Å². The fourth-order valence-electron chi connectivity index (χ4n) is 4.64. The summed E-state index contributed by atoms with van der Waals surface area (Å²) in [6, 6.07) is 14.6. The molecule has 1 amide bonds. The maximum atomic E-state index is 13.8. The smallest absolute Gasteiger partial charge is 0.337 e. The van der Waals surface area contributed by atoms with Crippen molar-refractivity contribution >= 4 is 11.9 Å². The predicted molar refractivity (Wildman–Crippen MR) is 155 cm³/mol. The Kier molecular flexibility index (Phi) is 13.4. The van der Waals surface area contributed by atoms with Gasteiger partial charge in [0, 0.05) is 25.4 Å². The van der Waals surface area contributed by atoms with Gasteiger partial charge in [-0.2, -0.15) is 0 Å². The monoisotopic (exact) mass is 599 g/mol. The van der Waals surface area contributed by atoms with Crippen LogP contribution in [0.1, 0.15) is 39.4 Å². The number of hydrogen-bond donors (Lipinski definition) is 1. The summed E-state index contributed by atoms with van der Waals surface area (Å²) >= 11 is 0. The second-order valence-corrected chi connectivity index (χ2v) is 10.1. The molecule has 2 aromatic carbocycles. The Labute approximate surface area is 252 Å². The number of carbonyl (C=O) groups excluding carboxylic acids is 2. The van der Waals surface area contributed by atoms with Crippen molar-refractivity contribution in [2.45, 2.75) is 31.8 Å². The summed E-state index contributed by atoms with van der Waals surface area (Å²) in [6.45, 7) is 4.29. The van der Waals surface area contributed by atoms with E-state index < -0.39 is 12.3 Å². The van der Waals surface area contributed by atoms with E-state index in [1.165, 1.54) is 7.11 Å². The topological polar surface area (TPSA) is 122 Å². The number of carbonyl (C=O) groups is 2. The molecule has 43 heavy (non-hydrogen) atoms. The Bertz CT molecular complexity index is 1150. The number of hydrogen-bond acceptors (Lipinski definition) is 10. The first-order chi connectivity index (χ1) is 21.1. The van der Waals surface area contributed by atoms with Gasteiger partial charge in [-0.05, 0) is 34.9 Å². The number of ether oxygens (including phenoxy) is 7. The fourth-order valence-corrected chi connectivity index (χ4v) is 4.64. The van der Waals surface area contributed by atoms with Gasteiger partial charge in [0.25, 0.3) is 5.91 Å². The van der Waals surface area contributed by atoms with Gasteiger partial charge in [0.15, 0.2) is 5.76 Å². The summed E-state index contributed by atoms with van der Waals surface area (Å²) in [5.74, 6) is -0.733. The Hall–Kier alpha value is -3.32. The minimum atomic E-state index is -0.697. The average molecular weight is 600 g/mol. The number of amides is 1. The molecule has 234 valence electrons. The fraction of sp³-hybridized carbons (Fsp3) is 0.500. The number of aliphatic hydroxyl groups is 1. The van der Waals surface area contributed by atoms with Crippen LogP contribution in [0, 0.1) is 0 Å². The lowest BCUT2D eigenvalue weighted by atomic mass is 9.92. The molecule has 4 rings (SSSR count). The summed E-state index contributed by atoms with van der Waals surface area (Å²) in [4.78, 5) is 27.4. The normalized spacial score (nSPS) is 21.1. The highest BCUT2D eigenvalue weighted by atomic mass is 16.7. The zero-order chi connectivity index (χ0) is 30.3. The molecule has 2 aliphatic rings.